The first-order valence-corrected chi connectivity index (χ1v) is 11.2. The van der Waals surface area contributed by atoms with E-state index in [-0.39, 0.29) is 28.1 Å². The molecule has 0 bridgehead atoms. The van der Waals surface area contributed by atoms with Crippen molar-refractivity contribution in [1.29, 1.82) is 0 Å². The standard InChI is InChI=1S/C14H14Cl5N3O4S/c15-7-2-1-3-8(12(7)16)21-11(23)4-20-9-5-27(25,26)6-10(9)22-13(24)14(17,18)19/h1-3,9-10,20H,4-6H2,(H,21,23)(H,22,24). The molecular weight excluding hydrogens is 484 g/mol. The molecule has 13 heteroatoms. The number of anilines is 1. The summed E-state index contributed by atoms with van der Waals surface area (Å²) < 4.78 is 21.5. The smallest absolute Gasteiger partial charge is 0.272 e. The van der Waals surface area contributed by atoms with Gasteiger partial charge in [0.2, 0.25) is 5.91 Å². The highest BCUT2D eigenvalue weighted by Crippen LogP contribution is 2.29. The highest BCUT2D eigenvalue weighted by Gasteiger charge is 2.41. The minimum Gasteiger partial charge on any atom is -0.347 e. The fourth-order valence-corrected chi connectivity index (χ4v) is 4.87. The molecule has 1 aromatic carbocycles. The summed E-state index contributed by atoms with van der Waals surface area (Å²) in [6.45, 7) is -0.233. The van der Waals surface area contributed by atoms with E-state index in [1.165, 1.54) is 0 Å². The molecule has 1 saturated heterocycles. The second-order valence-corrected chi connectivity index (χ2v) is 11.0. The Kier molecular flexibility index (Phi) is 7.52. The van der Waals surface area contributed by atoms with Gasteiger partial charge in [-0.05, 0) is 12.1 Å². The van der Waals surface area contributed by atoms with Crippen LogP contribution in [0.25, 0.3) is 0 Å². The van der Waals surface area contributed by atoms with Crippen LogP contribution in [0.4, 0.5) is 5.69 Å². The molecule has 1 aromatic rings. The molecule has 1 aliphatic heterocycles. The van der Waals surface area contributed by atoms with Crippen LogP contribution in [0, 0.1) is 0 Å². The van der Waals surface area contributed by atoms with Gasteiger partial charge in [0.15, 0.2) is 9.84 Å². The molecule has 2 unspecified atom stereocenters. The van der Waals surface area contributed by atoms with Crippen LogP contribution in [0.2, 0.25) is 10.0 Å². The van der Waals surface area contributed by atoms with Crippen molar-refractivity contribution >= 4 is 85.3 Å². The van der Waals surface area contributed by atoms with Crippen LogP contribution in [0.1, 0.15) is 0 Å². The van der Waals surface area contributed by atoms with Crippen LogP contribution in [0.15, 0.2) is 18.2 Å². The summed E-state index contributed by atoms with van der Waals surface area (Å²) in [5.74, 6) is -2.03. The lowest BCUT2D eigenvalue weighted by atomic mass is 10.1. The third kappa shape index (κ3) is 6.52. The molecule has 0 radical (unpaired) electrons. The van der Waals surface area contributed by atoms with Crippen LogP contribution < -0.4 is 16.0 Å². The Morgan fingerprint density at radius 1 is 1.11 bits per heavy atom. The van der Waals surface area contributed by atoms with Crippen molar-refractivity contribution in [3.05, 3.63) is 28.2 Å². The number of alkyl halides is 3. The highest BCUT2D eigenvalue weighted by molar-refractivity contribution is 7.91. The Labute approximate surface area is 180 Å². The van der Waals surface area contributed by atoms with Crippen molar-refractivity contribution in [3.63, 3.8) is 0 Å². The van der Waals surface area contributed by atoms with Gasteiger partial charge in [0.05, 0.1) is 39.8 Å². The topological polar surface area (TPSA) is 104 Å². The molecule has 0 spiro atoms. The van der Waals surface area contributed by atoms with Gasteiger partial charge < -0.3 is 16.0 Å². The Bertz CT molecular complexity index is 844. The zero-order chi connectivity index (χ0) is 20.4. The van der Waals surface area contributed by atoms with Crippen molar-refractivity contribution in [1.82, 2.24) is 10.6 Å². The molecule has 0 aliphatic carbocycles. The monoisotopic (exact) mass is 495 g/mol. The van der Waals surface area contributed by atoms with E-state index in [4.69, 9.17) is 58.0 Å². The SMILES string of the molecule is O=C(CNC1CS(=O)(=O)CC1NC(=O)C(Cl)(Cl)Cl)Nc1cccc(Cl)c1Cl. The number of hydrogen-bond acceptors (Lipinski definition) is 5. The van der Waals surface area contributed by atoms with Gasteiger partial charge in [-0.1, -0.05) is 64.1 Å². The number of carbonyl (C=O) groups is 2. The Balaban J connectivity index is 1.98. The van der Waals surface area contributed by atoms with E-state index in [2.05, 4.69) is 16.0 Å². The highest BCUT2D eigenvalue weighted by atomic mass is 35.6. The quantitative estimate of drug-likeness (QED) is 0.541. The molecule has 7 nitrogen and oxygen atoms in total. The van der Waals surface area contributed by atoms with E-state index >= 15 is 0 Å². The number of sulfone groups is 1. The van der Waals surface area contributed by atoms with E-state index in [0.717, 1.165) is 0 Å². The van der Waals surface area contributed by atoms with Crippen molar-refractivity contribution < 1.29 is 18.0 Å². The van der Waals surface area contributed by atoms with E-state index in [1.54, 1.807) is 18.2 Å². The minimum absolute atomic E-state index is 0.184. The number of hydrogen-bond donors (Lipinski definition) is 3. The summed E-state index contributed by atoms with van der Waals surface area (Å²) in [5.41, 5.74) is 0.316. The summed E-state index contributed by atoms with van der Waals surface area (Å²) in [7, 11) is -3.43. The first kappa shape index (κ1) is 22.8. The average molecular weight is 498 g/mol. The normalized spacial score (nSPS) is 21.7. The predicted octanol–water partition coefficient (Wildman–Crippen LogP) is 2.17. The van der Waals surface area contributed by atoms with E-state index in [0.29, 0.717) is 5.69 Å². The fraction of sp³-hybridized carbons (Fsp3) is 0.429. The molecule has 1 fully saturated rings. The first-order valence-electron chi connectivity index (χ1n) is 7.44. The van der Waals surface area contributed by atoms with Gasteiger partial charge >= 0.3 is 0 Å². The van der Waals surface area contributed by atoms with Gasteiger partial charge in [0.1, 0.15) is 0 Å². The largest absolute Gasteiger partial charge is 0.347 e. The third-order valence-corrected chi connectivity index (χ3v) is 6.74. The molecule has 1 aliphatic rings. The van der Waals surface area contributed by atoms with Gasteiger partial charge in [-0.25, -0.2) is 8.42 Å². The third-order valence-electron chi connectivity index (χ3n) is 3.68. The second-order valence-electron chi connectivity index (χ2n) is 5.79. The van der Waals surface area contributed by atoms with Crippen LogP contribution in [-0.2, 0) is 19.4 Å². The number of halogens is 5. The molecule has 2 rings (SSSR count). The van der Waals surface area contributed by atoms with Crippen molar-refractivity contribution in [2.75, 3.05) is 23.4 Å². The van der Waals surface area contributed by atoms with Crippen molar-refractivity contribution in [2.45, 2.75) is 15.9 Å². The van der Waals surface area contributed by atoms with Gasteiger partial charge in [-0.15, -0.1) is 0 Å². The predicted molar refractivity (Wildman–Crippen MR) is 108 cm³/mol. The summed E-state index contributed by atoms with van der Waals surface area (Å²) in [6, 6.07) is 3.17. The molecule has 27 heavy (non-hydrogen) atoms. The van der Waals surface area contributed by atoms with Gasteiger partial charge in [-0.3, -0.25) is 9.59 Å². The zero-order valence-electron chi connectivity index (χ0n) is 13.4. The maximum atomic E-state index is 12.1. The van der Waals surface area contributed by atoms with Gasteiger partial charge in [-0.2, -0.15) is 0 Å². The summed E-state index contributed by atoms with van der Waals surface area (Å²) >= 11 is 28.3. The number of nitrogens with one attached hydrogen (secondary N) is 3. The average Bonchev–Trinajstić information content (AvgIpc) is 2.82. The van der Waals surface area contributed by atoms with Gasteiger partial charge in [0, 0.05) is 6.04 Å². The molecule has 150 valence electrons. The number of benzene rings is 1. The summed E-state index contributed by atoms with van der Waals surface area (Å²) in [5, 5.41) is 8.17. The molecule has 1 heterocycles. The molecular formula is C14H14Cl5N3O4S. The lowest BCUT2D eigenvalue weighted by molar-refractivity contribution is -0.120. The molecule has 0 saturated carbocycles. The molecule has 3 N–H and O–H groups in total. The van der Waals surface area contributed by atoms with Gasteiger partial charge in [0.25, 0.3) is 9.70 Å². The van der Waals surface area contributed by atoms with E-state index in [1.807, 2.05) is 0 Å². The molecule has 2 atom stereocenters. The Morgan fingerprint density at radius 2 is 1.74 bits per heavy atom. The van der Waals surface area contributed by atoms with Crippen molar-refractivity contribution in [2.24, 2.45) is 0 Å². The molecule has 0 aromatic heterocycles. The number of carbonyl (C=O) groups excluding carboxylic acids is 2. The second kappa shape index (κ2) is 8.90. The lowest BCUT2D eigenvalue weighted by Gasteiger charge is -2.22. The first-order chi connectivity index (χ1) is 12.4. The van der Waals surface area contributed by atoms with Crippen molar-refractivity contribution in [3.8, 4) is 0 Å². The van der Waals surface area contributed by atoms with E-state index in [9.17, 15) is 18.0 Å². The maximum absolute atomic E-state index is 12.1. The fourth-order valence-electron chi connectivity index (χ4n) is 2.46. The van der Waals surface area contributed by atoms with E-state index < -0.39 is 37.5 Å². The maximum Gasteiger partial charge on any atom is 0.272 e. The lowest BCUT2D eigenvalue weighted by Crippen LogP contribution is -2.53. The van der Waals surface area contributed by atoms with Crippen LogP contribution in [0.5, 0.6) is 0 Å². The number of amides is 2. The zero-order valence-corrected chi connectivity index (χ0v) is 18.0. The Hall–Kier alpha value is -0.480. The Morgan fingerprint density at radius 3 is 2.37 bits per heavy atom. The van der Waals surface area contributed by atoms with Crippen LogP contribution in [-0.4, -0.2) is 54.2 Å². The minimum atomic E-state index is -3.43. The molecule has 2 amide bonds. The van der Waals surface area contributed by atoms with Crippen LogP contribution in [0.3, 0.4) is 0 Å². The van der Waals surface area contributed by atoms with Crippen LogP contribution >= 0.6 is 58.0 Å². The summed E-state index contributed by atoms with van der Waals surface area (Å²) in [6.07, 6.45) is 0. The summed E-state index contributed by atoms with van der Waals surface area (Å²) in [4.78, 5) is 23.9. The number of rotatable bonds is 5.